The molecule has 0 bridgehead atoms. The quantitative estimate of drug-likeness (QED) is 0.789. The van der Waals surface area contributed by atoms with Crippen molar-refractivity contribution in [3.63, 3.8) is 0 Å². The predicted octanol–water partition coefficient (Wildman–Crippen LogP) is 2.38. The summed E-state index contributed by atoms with van der Waals surface area (Å²) in [4.78, 5) is 16.1. The topological polar surface area (TPSA) is 81.9 Å². The molecule has 7 heteroatoms. The van der Waals surface area contributed by atoms with Crippen molar-refractivity contribution in [1.82, 2.24) is 25.3 Å². The Kier molecular flexibility index (Phi) is 5.76. The number of aromatic nitrogens is 4. The number of pyridine rings is 1. The first kappa shape index (κ1) is 16.4. The van der Waals surface area contributed by atoms with E-state index in [0.29, 0.717) is 24.9 Å². The summed E-state index contributed by atoms with van der Waals surface area (Å²) in [6.07, 6.45) is 11.8. The summed E-state index contributed by atoms with van der Waals surface area (Å²) < 4.78 is 7.38. The molecule has 0 aromatic carbocycles. The highest BCUT2D eigenvalue weighted by Gasteiger charge is 2.18. The molecule has 0 radical (unpaired) electrons. The van der Waals surface area contributed by atoms with Gasteiger partial charge in [0.15, 0.2) is 5.69 Å². The molecule has 24 heavy (non-hydrogen) atoms. The molecular formula is C17H23N5O2. The molecule has 1 fully saturated rings. The first-order chi connectivity index (χ1) is 11.8. The van der Waals surface area contributed by atoms with Gasteiger partial charge in [0.05, 0.1) is 25.0 Å². The van der Waals surface area contributed by atoms with Gasteiger partial charge in [-0.1, -0.05) is 24.5 Å². The van der Waals surface area contributed by atoms with E-state index >= 15 is 0 Å². The Balaban J connectivity index is 1.38. The van der Waals surface area contributed by atoms with Crippen LogP contribution in [0.15, 0.2) is 30.7 Å². The molecule has 0 spiro atoms. The molecule has 1 amide bonds. The summed E-state index contributed by atoms with van der Waals surface area (Å²) in [5, 5.41) is 11.0. The summed E-state index contributed by atoms with van der Waals surface area (Å²) in [7, 11) is 0. The third kappa shape index (κ3) is 4.53. The van der Waals surface area contributed by atoms with Crippen LogP contribution in [0.5, 0.6) is 5.75 Å². The molecule has 2 aromatic rings. The maximum Gasteiger partial charge on any atom is 0.273 e. The van der Waals surface area contributed by atoms with Crippen molar-refractivity contribution in [2.24, 2.45) is 0 Å². The van der Waals surface area contributed by atoms with Crippen LogP contribution in [0, 0.1) is 0 Å². The molecule has 3 rings (SSSR count). The van der Waals surface area contributed by atoms with Crippen molar-refractivity contribution in [1.29, 1.82) is 0 Å². The molecular weight excluding hydrogens is 306 g/mol. The van der Waals surface area contributed by atoms with Gasteiger partial charge in [-0.05, 0) is 31.4 Å². The first-order valence-electron chi connectivity index (χ1n) is 8.56. The van der Waals surface area contributed by atoms with E-state index in [1.54, 1.807) is 18.6 Å². The minimum Gasteiger partial charge on any atom is -0.492 e. The lowest BCUT2D eigenvalue weighted by atomic mass is 9.96. The van der Waals surface area contributed by atoms with Gasteiger partial charge in [-0.2, -0.15) is 0 Å². The van der Waals surface area contributed by atoms with Gasteiger partial charge >= 0.3 is 0 Å². The molecule has 2 aromatic heterocycles. The average molecular weight is 329 g/mol. The van der Waals surface area contributed by atoms with Crippen LogP contribution in [0.4, 0.5) is 0 Å². The Bertz CT molecular complexity index is 637. The number of hydrogen-bond donors (Lipinski definition) is 1. The Labute approximate surface area is 141 Å². The van der Waals surface area contributed by atoms with Crippen LogP contribution < -0.4 is 10.1 Å². The number of hydrogen-bond acceptors (Lipinski definition) is 5. The fourth-order valence-corrected chi connectivity index (χ4v) is 2.89. The number of nitrogens with zero attached hydrogens (tertiary/aromatic N) is 4. The Morgan fingerprint density at radius 1 is 1.33 bits per heavy atom. The van der Waals surface area contributed by atoms with Gasteiger partial charge in [-0.3, -0.25) is 9.78 Å². The van der Waals surface area contributed by atoms with Gasteiger partial charge in [0.25, 0.3) is 5.91 Å². The van der Waals surface area contributed by atoms with E-state index in [1.165, 1.54) is 19.3 Å². The smallest absolute Gasteiger partial charge is 0.273 e. The van der Waals surface area contributed by atoms with Gasteiger partial charge in [-0.15, -0.1) is 5.10 Å². The van der Waals surface area contributed by atoms with E-state index in [-0.39, 0.29) is 5.91 Å². The largest absolute Gasteiger partial charge is 0.492 e. The molecule has 1 N–H and O–H groups in total. The van der Waals surface area contributed by atoms with Gasteiger partial charge in [0.1, 0.15) is 5.75 Å². The van der Waals surface area contributed by atoms with E-state index in [0.717, 1.165) is 25.0 Å². The van der Waals surface area contributed by atoms with E-state index in [2.05, 4.69) is 20.6 Å². The summed E-state index contributed by atoms with van der Waals surface area (Å²) >= 11 is 0. The second kappa shape index (κ2) is 8.42. The van der Waals surface area contributed by atoms with E-state index in [9.17, 15) is 4.79 Å². The molecule has 1 aliphatic carbocycles. The Morgan fingerprint density at radius 3 is 3.00 bits per heavy atom. The lowest BCUT2D eigenvalue weighted by Gasteiger charge is -2.20. The lowest BCUT2D eigenvalue weighted by molar-refractivity contribution is 0.0946. The number of ether oxygens (including phenoxy) is 1. The normalized spacial score (nSPS) is 15.2. The highest BCUT2D eigenvalue weighted by atomic mass is 16.5. The van der Waals surface area contributed by atoms with Gasteiger partial charge in [0, 0.05) is 12.7 Å². The number of carbonyl (C=O) groups excluding carboxylic acids is 1. The molecule has 7 nitrogen and oxygen atoms in total. The molecule has 1 saturated carbocycles. The molecule has 2 heterocycles. The Hall–Kier alpha value is -2.44. The van der Waals surface area contributed by atoms with Crippen LogP contribution in [-0.2, 0) is 0 Å². The number of rotatable bonds is 7. The fraction of sp³-hybridized carbons (Fsp3) is 0.529. The highest BCUT2D eigenvalue weighted by molar-refractivity contribution is 5.91. The zero-order chi connectivity index (χ0) is 16.6. The fourth-order valence-electron chi connectivity index (χ4n) is 2.89. The number of carbonyl (C=O) groups is 1. The maximum absolute atomic E-state index is 12.1. The second-order valence-electron chi connectivity index (χ2n) is 6.02. The van der Waals surface area contributed by atoms with E-state index < -0.39 is 0 Å². The molecule has 128 valence electrons. The van der Waals surface area contributed by atoms with Gasteiger partial charge < -0.3 is 10.1 Å². The second-order valence-corrected chi connectivity index (χ2v) is 6.02. The first-order valence-corrected chi connectivity index (χ1v) is 8.56. The summed E-state index contributed by atoms with van der Waals surface area (Å²) in [6.45, 7) is 1.07. The van der Waals surface area contributed by atoms with Gasteiger partial charge in [-0.25, -0.2) is 4.68 Å². The lowest BCUT2D eigenvalue weighted by Crippen LogP contribution is -2.26. The van der Waals surface area contributed by atoms with E-state index in [4.69, 9.17) is 4.74 Å². The van der Waals surface area contributed by atoms with Crippen molar-refractivity contribution in [3.8, 4) is 5.75 Å². The van der Waals surface area contributed by atoms with Crippen molar-refractivity contribution < 1.29 is 9.53 Å². The maximum atomic E-state index is 12.1. The molecule has 0 saturated heterocycles. The highest BCUT2D eigenvalue weighted by Crippen LogP contribution is 2.27. The third-order valence-electron chi connectivity index (χ3n) is 4.20. The van der Waals surface area contributed by atoms with Crippen molar-refractivity contribution in [2.45, 2.75) is 44.6 Å². The van der Waals surface area contributed by atoms with Crippen LogP contribution in [0.2, 0.25) is 0 Å². The minimum atomic E-state index is -0.182. The Morgan fingerprint density at radius 2 is 2.21 bits per heavy atom. The summed E-state index contributed by atoms with van der Waals surface area (Å²) in [5.74, 6) is 0.553. The van der Waals surface area contributed by atoms with Gasteiger partial charge in [0.2, 0.25) is 0 Å². The van der Waals surface area contributed by atoms with Crippen LogP contribution in [0.3, 0.4) is 0 Å². The predicted molar refractivity (Wildman–Crippen MR) is 88.8 cm³/mol. The zero-order valence-corrected chi connectivity index (χ0v) is 13.7. The molecule has 0 aliphatic heterocycles. The minimum absolute atomic E-state index is 0.182. The van der Waals surface area contributed by atoms with Crippen molar-refractivity contribution in [3.05, 3.63) is 36.4 Å². The van der Waals surface area contributed by atoms with Crippen molar-refractivity contribution >= 4 is 5.91 Å². The van der Waals surface area contributed by atoms with Crippen molar-refractivity contribution in [2.75, 3.05) is 13.2 Å². The average Bonchev–Trinajstić information content (AvgIpc) is 3.13. The summed E-state index contributed by atoms with van der Waals surface area (Å²) in [5.41, 5.74) is 0.383. The van der Waals surface area contributed by atoms with Crippen LogP contribution >= 0.6 is 0 Å². The zero-order valence-electron chi connectivity index (χ0n) is 13.7. The number of nitrogens with one attached hydrogen (secondary N) is 1. The van der Waals surface area contributed by atoms with Crippen LogP contribution in [-0.4, -0.2) is 39.0 Å². The van der Waals surface area contributed by atoms with E-state index in [1.807, 2.05) is 16.8 Å². The standard InChI is InChI=1S/C17H23N5O2/c23-17(19-10-5-11-24-15-8-4-9-18-12-15)16-13-22(21-20-16)14-6-2-1-3-7-14/h4,8-9,12-14H,1-3,5-7,10-11H2,(H,19,23). The number of amides is 1. The monoisotopic (exact) mass is 329 g/mol. The molecule has 0 atom stereocenters. The third-order valence-corrected chi connectivity index (χ3v) is 4.20. The van der Waals surface area contributed by atoms with Crippen LogP contribution in [0.1, 0.15) is 55.1 Å². The van der Waals surface area contributed by atoms with Crippen LogP contribution in [0.25, 0.3) is 0 Å². The molecule has 0 unspecified atom stereocenters. The SMILES string of the molecule is O=C(NCCCOc1cccnc1)c1cn(C2CCCCC2)nn1. The summed E-state index contributed by atoms with van der Waals surface area (Å²) in [6, 6.07) is 4.07. The molecule has 1 aliphatic rings.